The highest BCUT2D eigenvalue weighted by molar-refractivity contribution is 5.76. The van der Waals surface area contributed by atoms with Crippen molar-refractivity contribution in [1.29, 1.82) is 0 Å². The van der Waals surface area contributed by atoms with E-state index in [0.717, 1.165) is 13.1 Å². The van der Waals surface area contributed by atoms with Crippen LogP contribution in [0.15, 0.2) is 0 Å². The van der Waals surface area contributed by atoms with E-state index in [4.69, 9.17) is 0 Å². The topological polar surface area (TPSA) is 32.3 Å². The van der Waals surface area contributed by atoms with E-state index < -0.39 is 0 Å². The molecular formula is C12H24N2O. The zero-order valence-corrected chi connectivity index (χ0v) is 10.3. The van der Waals surface area contributed by atoms with Crippen molar-refractivity contribution in [2.75, 3.05) is 19.6 Å². The van der Waals surface area contributed by atoms with Crippen LogP contribution in [0.4, 0.5) is 0 Å². The maximum absolute atomic E-state index is 11.5. The van der Waals surface area contributed by atoms with Gasteiger partial charge < -0.3 is 5.32 Å². The maximum atomic E-state index is 11.5. The summed E-state index contributed by atoms with van der Waals surface area (Å²) < 4.78 is 0. The third-order valence-corrected chi connectivity index (χ3v) is 3.03. The number of nitrogens with one attached hydrogen (secondary N) is 1. The first-order valence-electron chi connectivity index (χ1n) is 6.14. The van der Waals surface area contributed by atoms with Crippen LogP contribution in [0.2, 0.25) is 0 Å². The van der Waals surface area contributed by atoms with Gasteiger partial charge in [0.05, 0.1) is 0 Å². The van der Waals surface area contributed by atoms with Gasteiger partial charge in [-0.15, -0.1) is 0 Å². The van der Waals surface area contributed by atoms with Gasteiger partial charge in [-0.1, -0.05) is 20.8 Å². The predicted octanol–water partition coefficient (Wildman–Crippen LogP) is 1.63. The Labute approximate surface area is 93.2 Å². The van der Waals surface area contributed by atoms with Gasteiger partial charge in [-0.25, -0.2) is 0 Å². The van der Waals surface area contributed by atoms with Gasteiger partial charge in [0.2, 0.25) is 5.91 Å². The smallest absolute Gasteiger partial charge is 0.220 e. The fraction of sp³-hybridized carbons (Fsp3) is 0.917. The summed E-state index contributed by atoms with van der Waals surface area (Å²) in [7, 11) is 0. The highest BCUT2D eigenvalue weighted by atomic mass is 16.1. The molecule has 1 atom stereocenters. The first kappa shape index (κ1) is 12.5. The minimum Gasteiger partial charge on any atom is -0.355 e. The number of likely N-dealkylation sites (N-methyl/N-ethyl adjacent to an activating group) is 1. The molecule has 3 heteroatoms. The summed E-state index contributed by atoms with van der Waals surface area (Å²) in [4.78, 5) is 13.9. The molecule has 0 aromatic carbocycles. The SMILES string of the molecule is CCN1CCC[C@H]1CNC(=O)CC(C)C. The van der Waals surface area contributed by atoms with Crippen molar-refractivity contribution in [1.82, 2.24) is 10.2 Å². The molecule has 3 nitrogen and oxygen atoms in total. The van der Waals surface area contributed by atoms with Crippen LogP contribution >= 0.6 is 0 Å². The summed E-state index contributed by atoms with van der Waals surface area (Å²) in [6.07, 6.45) is 3.16. The lowest BCUT2D eigenvalue weighted by Gasteiger charge is -2.23. The molecule has 0 aliphatic carbocycles. The third kappa shape index (κ3) is 4.20. The molecule has 0 saturated carbocycles. The van der Waals surface area contributed by atoms with E-state index in [1.165, 1.54) is 19.4 Å². The largest absolute Gasteiger partial charge is 0.355 e. The van der Waals surface area contributed by atoms with Gasteiger partial charge in [-0.05, 0) is 31.8 Å². The van der Waals surface area contributed by atoms with Crippen LogP contribution in [0, 0.1) is 5.92 Å². The fourth-order valence-corrected chi connectivity index (χ4v) is 2.22. The Morgan fingerprint density at radius 1 is 1.53 bits per heavy atom. The summed E-state index contributed by atoms with van der Waals surface area (Å²) in [5, 5.41) is 3.04. The second-order valence-corrected chi connectivity index (χ2v) is 4.83. The summed E-state index contributed by atoms with van der Waals surface area (Å²) in [6.45, 7) is 9.47. The van der Waals surface area contributed by atoms with Crippen LogP contribution in [0.3, 0.4) is 0 Å². The Bertz CT molecular complexity index is 204. The first-order chi connectivity index (χ1) is 7.13. The number of amides is 1. The van der Waals surface area contributed by atoms with Crippen LogP contribution < -0.4 is 5.32 Å². The highest BCUT2D eigenvalue weighted by Crippen LogP contribution is 2.15. The van der Waals surface area contributed by atoms with Gasteiger partial charge >= 0.3 is 0 Å². The molecule has 1 saturated heterocycles. The van der Waals surface area contributed by atoms with Crippen molar-refractivity contribution >= 4 is 5.91 Å². The molecule has 15 heavy (non-hydrogen) atoms. The maximum Gasteiger partial charge on any atom is 0.220 e. The van der Waals surface area contributed by atoms with Crippen LogP contribution in [-0.4, -0.2) is 36.5 Å². The molecule has 1 aliphatic heterocycles. The Kier molecular flexibility index (Phi) is 5.09. The normalized spacial score (nSPS) is 22.3. The second-order valence-electron chi connectivity index (χ2n) is 4.83. The molecule has 88 valence electrons. The van der Waals surface area contributed by atoms with Gasteiger partial charge in [-0.2, -0.15) is 0 Å². The van der Waals surface area contributed by atoms with Gasteiger partial charge in [0.15, 0.2) is 0 Å². The van der Waals surface area contributed by atoms with Crippen LogP contribution in [0.25, 0.3) is 0 Å². The molecule has 1 rings (SSSR count). The molecule has 1 N–H and O–H groups in total. The average Bonchev–Trinajstić information content (AvgIpc) is 2.60. The summed E-state index contributed by atoms with van der Waals surface area (Å²) in [5.74, 6) is 0.656. The van der Waals surface area contributed by atoms with Crippen molar-refractivity contribution in [3.8, 4) is 0 Å². The molecule has 0 unspecified atom stereocenters. The van der Waals surface area contributed by atoms with Crippen LogP contribution in [-0.2, 0) is 4.79 Å². The minimum absolute atomic E-state index is 0.202. The van der Waals surface area contributed by atoms with E-state index in [1.54, 1.807) is 0 Å². The predicted molar refractivity (Wildman–Crippen MR) is 62.7 cm³/mol. The molecule has 0 aromatic heterocycles. The zero-order chi connectivity index (χ0) is 11.3. The molecule has 1 heterocycles. The van der Waals surface area contributed by atoms with Crippen LogP contribution in [0.1, 0.15) is 40.0 Å². The quantitative estimate of drug-likeness (QED) is 0.751. The van der Waals surface area contributed by atoms with Crippen molar-refractivity contribution in [2.45, 2.75) is 46.1 Å². The van der Waals surface area contributed by atoms with E-state index in [1.807, 2.05) is 0 Å². The van der Waals surface area contributed by atoms with Gasteiger partial charge in [0.1, 0.15) is 0 Å². The standard InChI is InChI=1S/C12H24N2O/c1-4-14-7-5-6-11(14)9-13-12(15)8-10(2)3/h10-11H,4-9H2,1-3H3,(H,13,15)/t11-/m0/s1. The number of likely N-dealkylation sites (tertiary alicyclic amines) is 1. The number of hydrogen-bond acceptors (Lipinski definition) is 2. The lowest BCUT2D eigenvalue weighted by molar-refractivity contribution is -0.122. The zero-order valence-electron chi connectivity index (χ0n) is 10.3. The molecule has 1 amide bonds. The summed E-state index contributed by atoms with van der Waals surface area (Å²) in [5.41, 5.74) is 0. The summed E-state index contributed by atoms with van der Waals surface area (Å²) in [6, 6.07) is 0.575. The Morgan fingerprint density at radius 2 is 2.27 bits per heavy atom. The highest BCUT2D eigenvalue weighted by Gasteiger charge is 2.22. The monoisotopic (exact) mass is 212 g/mol. The number of hydrogen-bond donors (Lipinski definition) is 1. The van der Waals surface area contributed by atoms with E-state index in [9.17, 15) is 4.79 Å². The van der Waals surface area contributed by atoms with E-state index in [0.29, 0.717) is 18.4 Å². The van der Waals surface area contributed by atoms with Crippen molar-refractivity contribution in [2.24, 2.45) is 5.92 Å². The lowest BCUT2D eigenvalue weighted by Crippen LogP contribution is -2.40. The molecule has 0 aromatic rings. The number of carbonyl (C=O) groups is 1. The lowest BCUT2D eigenvalue weighted by atomic mass is 10.1. The number of rotatable bonds is 5. The molecule has 1 fully saturated rings. The van der Waals surface area contributed by atoms with Crippen molar-refractivity contribution < 1.29 is 4.79 Å². The van der Waals surface area contributed by atoms with E-state index in [-0.39, 0.29) is 5.91 Å². The number of nitrogens with zero attached hydrogens (tertiary/aromatic N) is 1. The summed E-state index contributed by atoms with van der Waals surface area (Å²) >= 11 is 0. The molecule has 0 radical (unpaired) electrons. The van der Waals surface area contributed by atoms with Crippen molar-refractivity contribution in [3.05, 3.63) is 0 Å². The number of carbonyl (C=O) groups excluding carboxylic acids is 1. The second kappa shape index (κ2) is 6.11. The molecule has 0 spiro atoms. The third-order valence-electron chi connectivity index (χ3n) is 3.03. The van der Waals surface area contributed by atoms with Gasteiger partial charge in [-0.3, -0.25) is 9.69 Å². The Morgan fingerprint density at radius 3 is 2.87 bits per heavy atom. The van der Waals surface area contributed by atoms with E-state index >= 15 is 0 Å². The Balaban J connectivity index is 2.21. The first-order valence-corrected chi connectivity index (χ1v) is 6.14. The fourth-order valence-electron chi connectivity index (χ4n) is 2.22. The average molecular weight is 212 g/mol. The van der Waals surface area contributed by atoms with Crippen LogP contribution in [0.5, 0.6) is 0 Å². The molecule has 1 aliphatic rings. The molecule has 0 bridgehead atoms. The minimum atomic E-state index is 0.202. The molecular weight excluding hydrogens is 188 g/mol. The van der Waals surface area contributed by atoms with Gasteiger partial charge in [0.25, 0.3) is 0 Å². The van der Waals surface area contributed by atoms with E-state index in [2.05, 4.69) is 31.0 Å². The van der Waals surface area contributed by atoms with Crippen molar-refractivity contribution in [3.63, 3.8) is 0 Å². The Hall–Kier alpha value is -0.570. The van der Waals surface area contributed by atoms with Gasteiger partial charge in [0, 0.05) is 19.0 Å².